The number of nitrogens with two attached hydrogens (primary N) is 1. The quantitative estimate of drug-likeness (QED) is 0.846. The van der Waals surface area contributed by atoms with Crippen LogP contribution < -0.4 is 5.73 Å². The Kier molecular flexibility index (Phi) is 3.64. The molecule has 2 nitrogen and oxygen atoms in total. The molecule has 2 N–H and O–H groups in total. The number of rotatable bonds is 4. The Labute approximate surface area is 114 Å². The minimum atomic E-state index is 0.427. The third-order valence-electron chi connectivity index (χ3n) is 4.58. The number of hydrogen-bond acceptors (Lipinski definition) is 3. The maximum Gasteiger partial charge on any atom is 0.0473 e. The number of benzene rings is 1. The molecule has 3 atom stereocenters. The Hall–Kier alpha value is -0.510. The molecule has 1 aliphatic heterocycles. The number of nitrogens with zero attached hydrogens (tertiary/aromatic N) is 1. The summed E-state index contributed by atoms with van der Waals surface area (Å²) in [5.41, 5.74) is 7.43. The van der Waals surface area contributed by atoms with E-state index in [9.17, 15) is 0 Å². The Morgan fingerprint density at radius 3 is 2.61 bits per heavy atom. The number of thioether (sulfide) groups is 1. The van der Waals surface area contributed by atoms with E-state index in [0.29, 0.717) is 6.04 Å². The zero-order valence-corrected chi connectivity index (χ0v) is 11.8. The van der Waals surface area contributed by atoms with E-state index in [1.807, 2.05) is 0 Å². The lowest BCUT2D eigenvalue weighted by Crippen LogP contribution is -2.39. The predicted molar refractivity (Wildman–Crippen MR) is 77.9 cm³/mol. The average molecular weight is 262 g/mol. The molecule has 3 rings (SSSR count). The molecular weight excluding hydrogens is 240 g/mol. The number of hydrogen-bond donors (Lipinski definition) is 1. The van der Waals surface area contributed by atoms with Gasteiger partial charge >= 0.3 is 0 Å². The van der Waals surface area contributed by atoms with E-state index in [0.717, 1.165) is 18.5 Å². The third-order valence-corrected chi connectivity index (χ3v) is 5.32. The summed E-state index contributed by atoms with van der Waals surface area (Å²) in [4.78, 5) is 3.99. The third kappa shape index (κ3) is 2.20. The smallest absolute Gasteiger partial charge is 0.0473 e. The fraction of sp³-hybridized carbons (Fsp3) is 0.600. The molecule has 3 heteroatoms. The van der Waals surface area contributed by atoms with Crippen LogP contribution in [-0.2, 0) is 0 Å². The molecule has 0 radical (unpaired) electrons. The zero-order chi connectivity index (χ0) is 12.5. The normalized spacial score (nSPS) is 28.8. The van der Waals surface area contributed by atoms with E-state index < -0.39 is 0 Å². The highest BCUT2D eigenvalue weighted by molar-refractivity contribution is 7.98. The Morgan fingerprint density at radius 1 is 1.33 bits per heavy atom. The van der Waals surface area contributed by atoms with Gasteiger partial charge in [0.25, 0.3) is 0 Å². The van der Waals surface area contributed by atoms with Crippen molar-refractivity contribution in [3.63, 3.8) is 0 Å². The summed E-state index contributed by atoms with van der Waals surface area (Å²) in [7, 11) is 0. The van der Waals surface area contributed by atoms with Gasteiger partial charge in [-0.1, -0.05) is 12.1 Å². The van der Waals surface area contributed by atoms with Crippen molar-refractivity contribution in [1.29, 1.82) is 0 Å². The monoisotopic (exact) mass is 262 g/mol. The molecule has 98 valence electrons. The van der Waals surface area contributed by atoms with Crippen LogP contribution in [0.3, 0.4) is 0 Å². The predicted octanol–water partition coefficient (Wildman–Crippen LogP) is 2.89. The molecule has 1 aromatic rings. The van der Waals surface area contributed by atoms with Gasteiger partial charge in [-0.2, -0.15) is 0 Å². The Balaban J connectivity index is 1.79. The van der Waals surface area contributed by atoms with Crippen molar-refractivity contribution in [1.82, 2.24) is 4.90 Å². The summed E-state index contributed by atoms with van der Waals surface area (Å²) in [5.74, 6) is 0.939. The average Bonchev–Trinajstić information content (AvgIpc) is 3.03. The van der Waals surface area contributed by atoms with E-state index >= 15 is 0 Å². The van der Waals surface area contributed by atoms with Gasteiger partial charge in [0.1, 0.15) is 0 Å². The molecule has 0 amide bonds. The molecule has 0 aromatic heterocycles. The standard InChI is InChI=1S/C15H22N2S/c1-18-14-6-3-12(4-7-14)15(9-16)17-10-11-2-5-13(17)8-11/h3-4,6-7,11,13,15H,2,5,8-10,16H2,1H3. The molecule has 1 aromatic carbocycles. The molecule has 3 unspecified atom stereocenters. The minimum Gasteiger partial charge on any atom is -0.329 e. The minimum absolute atomic E-state index is 0.427. The molecule has 1 saturated heterocycles. The van der Waals surface area contributed by atoms with E-state index in [1.165, 1.54) is 36.3 Å². The zero-order valence-electron chi connectivity index (χ0n) is 11.0. The molecule has 18 heavy (non-hydrogen) atoms. The summed E-state index contributed by atoms with van der Waals surface area (Å²) >= 11 is 1.80. The van der Waals surface area contributed by atoms with Crippen molar-refractivity contribution in [3.8, 4) is 0 Å². The van der Waals surface area contributed by atoms with E-state index in [2.05, 4.69) is 35.4 Å². The first-order chi connectivity index (χ1) is 8.81. The van der Waals surface area contributed by atoms with Crippen LogP contribution >= 0.6 is 11.8 Å². The molecule has 1 heterocycles. The first-order valence-electron chi connectivity index (χ1n) is 6.91. The van der Waals surface area contributed by atoms with Gasteiger partial charge in [0.2, 0.25) is 0 Å². The van der Waals surface area contributed by atoms with E-state index in [-0.39, 0.29) is 0 Å². The fourth-order valence-electron chi connectivity index (χ4n) is 3.63. The van der Waals surface area contributed by atoms with Crippen molar-refractivity contribution in [2.75, 3.05) is 19.3 Å². The molecular formula is C15H22N2S. The molecule has 2 aliphatic rings. The molecule has 0 spiro atoms. The van der Waals surface area contributed by atoms with Crippen molar-refractivity contribution in [2.45, 2.75) is 36.2 Å². The maximum atomic E-state index is 6.04. The Bertz CT molecular complexity index is 403. The lowest BCUT2D eigenvalue weighted by atomic mass is 10.0. The van der Waals surface area contributed by atoms with Gasteiger partial charge in [-0.05, 0) is 49.1 Å². The van der Waals surface area contributed by atoms with Gasteiger partial charge in [0.05, 0.1) is 0 Å². The van der Waals surface area contributed by atoms with Crippen molar-refractivity contribution in [2.24, 2.45) is 11.7 Å². The van der Waals surface area contributed by atoms with Crippen LogP contribution in [-0.4, -0.2) is 30.3 Å². The topological polar surface area (TPSA) is 29.3 Å². The van der Waals surface area contributed by atoms with Crippen LogP contribution in [0.25, 0.3) is 0 Å². The van der Waals surface area contributed by atoms with Crippen molar-refractivity contribution >= 4 is 11.8 Å². The van der Waals surface area contributed by atoms with Gasteiger partial charge in [-0.15, -0.1) is 11.8 Å². The number of piperidine rings is 1. The molecule has 1 aliphatic carbocycles. The fourth-order valence-corrected chi connectivity index (χ4v) is 4.04. The highest BCUT2D eigenvalue weighted by Crippen LogP contribution is 2.41. The summed E-state index contributed by atoms with van der Waals surface area (Å²) in [6, 6.07) is 10.2. The van der Waals surface area contributed by atoms with Crippen LogP contribution in [0.5, 0.6) is 0 Å². The molecule has 2 fully saturated rings. The van der Waals surface area contributed by atoms with Crippen LogP contribution in [0.4, 0.5) is 0 Å². The second-order valence-electron chi connectivity index (χ2n) is 5.55. The van der Waals surface area contributed by atoms with Gasteiger partial charge in [-0.3, -0.25) is 4.90 Å². The van der Waals surface area contributed by atoms with Gasteiger partial charge < -0.3 is 5.73 Å². The van der Waals surface area contributed by atoms with Gasteiger partial charge in [-0.25, -0.2) is 0 Å². The Morgan fingerprint density at radius 2 is 2.11 bits per heavy atom. The van der Waals surface area contributed by atoms with Crippen molar-refractivity contribution < 1.29 is 0 Å². The van der Waals surface area contributed by atoms with Gasteiger partial charge in [0, 0.05) is 30.1 Å². The van der Waals surface area contributed by atoms with Crippen LogP contribution in [0.15, 0.2) is 29.2 Å². The second kappa shape index (κ2) is 5.24. The lowest BCUT2D eigenvalue weighted by Gasteiger charge is -2.34. The summed E-state index contributed by atoms with van der Waals surface area (Å²) in [6.45, 7) is 2.00. The summed E-state index contributed by atoms with van der Waals surface area (Å²) < 4.78 is 0. The van der Waals surface area contributed by atoms with Crippen molar-refractivity contribution in [3.05, 3.63) is 29.8 Å². The van der Waals surface area contributed by atoms with Gasteiger partial charge in [0.15, 0.2) is 0 Å². The largest absolute Gasteiger partial charge is 0.329 e. The van der Waals surface area contributed by atoms with E-state index in [1.54, 1.807) is 11.8 Å². The second-order valence-corrected chi connectivity index (χ2v) is 6.43. The van der Waals surface area contributed by atoms with Crippen LogP contribution in [0.2, 0.25) is 0 Å². The summed E-state index contributed by atoms with van der Waals surface area (Å²) in [5, 5.41) is 0. The highest BCUT2D eigenvalue weighted by Gasteiger charge is 2.40. The number of likely N-dealkylation sites (tertiary alicyclic amines) is 1. The first-order valence-corrected chi connectivity index (χ1v) is 8.14. The number of fused-ring (bicyclic) bond motifs is 2. The first kappa shape index (κ1) is 12.5. The lowest BCUT2D eigenvalue weighted by molar-refractivity contribution is 0.153. The highest BCUT2D eigenvalue weighted by atomic mass is 32.2. The molecule has 1 saturated carbocycles. The summed E-state index contributed by atoms with van der Waals surface area (Å²) in [6.07, 6.45) is 6.34. The SMILES string of the molecule is CSc1ccc(C(CN)N2CC3CCC2C3)cc1. The maximum absolute atomic E-state index is 6.04. The van der Waals surface area contributed by atoms with Crippen LogP contribution in [0.1, 0.15) is 30.9 Å². The van der Waals surface area contributed by atoms with Crippen LogP contribution in [0, 0.1) is 5.92 Å². The van der Waals surface area contributed by atoms with E-state index in [4.69, 9.17) is 5.73 Å². The molecule has 2 bridgehead atoms.